The van der Waals surface area contributed by atoms with Gasteiger partial charge in [-0.05, 0) is 49.9 Å². The Morgan fingerprint density at radius 2 is 2.06 bits per heavy atom. The van der Waals surface area contributed by atoms with Gasteiger partial charge < -0.3 is 5.11 Å². The molecule has 0 aromatic carbocycles. The summed E-state index contributed by atoms with van der Waals surface area (Å²) in [6, 6.07) is 0. The molecular weight excluding hydrogens is 276 g/mol. The zero-order valence-corrected chi connectivity index (χ0v) is 13.0. The molecule has 2 heteroatoms. The van der Waals surface area contributed by atoms with Crippen LogP contribution in [0.25, 0.3) is 0 Å². The molecule has 0 spiro atoms. The van der Waals surface area contributed by atoms with E-state index in [1.54, 1.807) is 0 Å². The van der Waals surface area contributed by atoms with Gasteiger partial charge >= 0.3 is 0 Å². The van der Waals surface area contributed by atoms with Crippen LogP contribution in [0, 0.1) is 17.3 Å². The Hall–Kier alpha value is 0.180. The highest BCUT2D eigenvalue weighted by Crippen LogP contribution is 2.56. The zero-order valence-electron chi connectivity index (χ0n) is 11.5. The van der Waals surface area contributed by atoms with Crippen LogP contribution >= 0.6 is 15.9 Å². The second-order valence-corrected chi connectivity index (χ2v) is 7.87. The molecule has 1 nitrogen and oxygen atoms in total. The number of allylic oxidation sites excluding steroid dienone is 2. The molecule has 1 saturated carbocycles. The van der Waals surface area contributed by atoms with E-state index < -0.39 is 5.60 Å². The Labute approximate surface area is 114 Å². The van der Waals surface area contributed by atoms with E-state index in [-0.39, 0.29) is 5.41 Å². The smallest absolute Gasteiger partial charge is 0.0657 e. The van der Waals surface area contributed by atoms with Gasteiger partial charge in [-0.1, -0.05) is 48.4 Å². The van der Waals surface area contributed by atoms with Crippen LogP contribution in [-0.4, -0.2) is 15.5 Å². The average Bonchev–Trinajstić information content (AvgIpc) is 2.24. The average molecular weight is 301 g/mol. The van der Waals surface area contributed by atoms with Gasteiger partial charge in [0.25, 0.3) is 0 Å². The van der Waals surface area contributed by atoms with Gasteiger partial charge in [0.05, 0.1) is 5.60 Å². The third-order valence-corrected chi connectivity index (χ3v) is 6.66. The van der Waals surface area contributed by atoms with Crippen molar-refractivity contribution in [2.45, 2.75) is 63.8 Å². The maximum Gasteiger partial charge on any atom is 0.0657 e. The Morgan fingerprint density at radius 3 is 2.65 bits per heavy atom. The predicted octanol–water partition coefficient (Wildman–Crippen LogP) is 4.29. The summed E-state index contributed by atoms with van der Waals surface area (Å²) in [7, 11) is 0. The van der Waals surface area contributed by atoms with E-state index >= 15 is 0 Å². The quantitative estimate of drug-likeness (QED) is 0.566. The van der Waals surface area contributed by atoms with Gasteiger partial charge in [-0.2, -0.15) is 0 Å². The lowest BCUT2D eigenvalue weighted by atomic mass is 9.55. The maximum atomic E-state index is 10.7. The number of halogens is 1. The first-order valence-electron chi connectivity index (χ1n) is 6.83. The first-order valence-corrected chi connectivity index (χ1v) is 7.74. The van der Waals surface area contributed by atoms with Crippen molar-refractivity contribution in [3.8, 4) is 0 Å². The van der Waals surface area contributed by atoms with Gasteiger partial charge in [-0.3, -0.25) is 0 Å². The highest BCUT2D eigenvalue weighted by Gasteiger charge is 2.53. The second-order valence-electron chi connectivity index (χ2n) is 6.76. The third-order valence-electron chi connectivity index (χ3n) is 5.15. The van der Waals surface area contributed by atoms with E-state index in [1.807, 2.05) is 6.92 Å². The molecule has 2 rings (SSSR count). The van der Waals surface area contributed by atoms with Crippen LogP contribution in [0.15, 0.2) is 11.6 Å². The molecule has 0 aromatic heterocycles. The van der Waals surface area contributed by atoms with Crippen LogP contribution in [0.5, 0.6) is 0 Å². The lowest BCUT2D eigenvalue weighted by molar-refractivity contribution is -0.0937. The lowest BCUT2D eigenvalue weighted by Gasteiger charge is -2.54. The fourth-order valence-electron chi connectivity index (χ4n) is 3.72. The molecule has 0 saturated heterocycles. The molecule has 0 aliphatic heterocycles. The van der Waals surface area contributed by atoms with Gasteiger partial charge in [0.2, 0.25) is 0 Å². The highest BCUT2D eigenvalue weighted by molar-refractivity contribution is 9.09. The first-order chi connectivity index (χ1) is 7.77. The van der Waals surface area contributed by atoms with Crippen LogP contribution in [0.1, 0.15) is 53.4 Å². The van der Waals surface area contributed by atoms with Crippen molar-refractivity contribution in [3.63, 3.8) is 0 Å². The molecule has 1 fully saturated rings. The highest BCUT2D eigenvalue weighted by atomic mass is 79.9. The van der Waals surface area contributed by atoms with E-state index in [0.717, 1.165) is 25.7 Å². The number of rotatable bonds is 1. The molecular formula is C15H25BrO. The Bertz CT molecular complexity index is 332. The predicted molar refractivity (Wildman–Crippen MR) is 76.3 cm³/mol. The molecule has 4 atom stereocenters. The summed E-state index contributed by atoms with van der Waals surface area (Å²) >= 11 is 3.85. The van der Waals surface area contributed by atoms with Crippen molar-refractivity contribution in [2.75, 3.05) is 0 Å². The number of aliphatic hydroxyl groups is 1. The SMILES string of the molecule is CC(C)C1=CC[C@]2(C)[C@@H](C1)[C@@](C)(O)CC[C@@H]2Br. The van der Waals surface area contributed by atoms with E-state index in [2.05, 4.69) is 42.8 Å². The van der Waals surface area contributed by atoms with Gasteiger partial charge in [-0.15, -0.1) is 0 Å². The molecule has 0 unspecified atom stereocenters. The molecule has 1 N–H and O–H groups in total. The number of alkyl halides is 1. The molecule has 2 aliphatic rings. The molecule has 2 aliphatic carbocycles. The fourth-order valence-corrected chi connectivity index (χ4v) is 4.45. The molecule has 0 radical (unpaired) electrons. The van der Waals surface area contributed by atoms with Crippen molar-refractivity contribution in [2.24, 2.45) is 17.3 Å². The van der Waals surface area contributed by atoms with Gasteiger partial charge in [0, 0.05) is 4.83 Å². The summed E-state index contributed by atoms with van der Waals surface area (Å²) in [6.07, 6.45) is 6.62. The van der Waals surface area contributed by atoms with Crippen LogP contribution in [0.2, 0.25) is 0 Å². The second kappa shape index (κ2) is 4.38. The van der Waals surface area contributed by atoms with Crippen LogP contribution in [0.3, 0.4) is 0 Å². The van der Waals surface area contributed by atoms with Crippen LogP contribution in [-0.2, 0) is 0 Å². The molecule has 98 valence electrons. The van der Waals surface area contributed by atoms with Crippen molar-refractivity contribution in [1.82, 2.24) is 0 Å². The molecule has 0 heterocycles. The van der Waals surface area contributed by atoms with Crippen LogP contribution in [0.4, 0.5) is 0 Å². The summed E-state index contributed by atoms with van der Waals surface area (Å²) in [4.78, 5) is 0.546. The fraction of sp³-hybridized carbons (Fsp3) is 0.867. The van der Waals surface area contributed by atoms with Gasteiger partial charge in [0.1, 0.15) is 0 Å². The Balaban J connectivity index is 2.33. The monoisotopic (exact) mass is 300 g/mol. The van der Waals surface area contributed by atoms with Crippen molar-refractivity contribution >= 4 is 15.9 Å². The molecule has 0 aromatic rings. The standard InChI is InChI=1S/C15H25BrO/c1-10(2)11-5-7-14(3)12(9-11)15(4,17)8-6-13(14)16/h5,10,12-13,17H,6-9H2,1-4H3/t12-,13+,14-,15+/m1/s1. The summed E-state index contributed by atoms with van der Waals surface area (Å²) in [5.41, 5.74) is 1.27. The number of hydrogen-bond donors (Lipinski definition) is 1. The van der Waals surface area contributed by atoms with Crippen molar-refractivity contribution in [1.29, 1.82) is 0 Å². The molecule has 17 heavy (non-hydrogen) atoms. The summed E-state index contributed by atoms with van der Waals surface area (Å²) < 4.78 is 0. The zero-order chi connectivity index (χ0) is 12.8. The number of fused-ring (bicyclic) bond motifs is 1. The lowest BCUT2D eigenvalue weighted by Crippen LogP contribution is -2.54. The first kappa shape index (κ1) is 13.6. The molecule has 0 bridgehead atoms. The summed E-state index contributed by atoms with van der Waals surface area (Å²) in [5, 5.41) is 10.7. The minimum absolute atomic E-state index is 0.222. The van der Waals surface area contributed by atoms with Crippen molar-refractivity contribution < 1.29 is 5.11 Å². The maximum absolute atomic E-state index is 10.7. The molecule has 0 amide bonds. The van der Waals surface area contributed by atoms with Crippen LogP contribution < -0.4 is 0 Å². The van der Waals surface area contributed by atoms with Gasteiger partial charge in [0.15, 0.2) is 0 Å². The summed E-state index contributed by atoms with van der Waals surface area (Å²) in [5.74, 6) is 1.02. The van der Waals surface area contributed by atoms with E-state index in [4.69, 9.17) is 0 Å². The Morgan fingerprint density at radius 1 is 1.41 bits per heavy atom. The minimum atomic E-state index is -0.493. The van der Waals surface area contributed by atoms with E-state index in [9.17, 15) is 5.11 Å². The minimum Gasteiger partial charge on any atom is -0.390 e. The largest absolute Gasteiger partial charge is 0.390 e. The van der Waals surface area contributed by atoms with E-state index in [0.29, 0.717) is 16.7 Å². The van der Waals surface area contributed by atoms with Crippen molar-refractivity contribution in [3.05, 3.63) is 11.6 Å². The van der Waals surface area contributed by atoms with E-state index in [1.165, 1.54) is 5.57 Å². The van der Waals surface area contributed by atoms with Gasteiger partial charge in [-0.25, -0.2) is 0 Å². The topological polar surface area (TPSA) is 20.2 Å². The normalized spacial score (nSPS) is 46.6. The Kier molecular flexibility index (Phi) is 3.51. The summed E-state index contributed by atoms with van der Waals surface area (Å²) in [6.45, 7) is 8.91. The number of hydrogen-bond acceptors (Lipinski definition) is 1. The third kappa shape index (κ3) is 2.23.